The topological polar surface area (TPSA) is 46.6 Å². The van der Waals surface area contributed by atoms with Crippen LogP contribution in [0, 0.1) is 17.6 Å². The van der Waals surface area contributed by atoms with E-state index in [9.17, 15) is 17.2 Å². The van der Waals surface area contributed by atoms with Crippen LogP contribution in [0.4, 0.5) is 8.78 Å². The van der Waals surface area contributed by atoms with Crippen LogP contribution in [0.2, 0.25) is 0 Å². The number of benzene rings is 1. The van der Waals surface area contributed by atoms with E-state index in [1.165, 1.54) is 0 Å². The molecule has 0 N–H and O–H groups in total. The summed E-state index contributed by atoms with van der Waals surface area (Å²) < 4.78 is 58.8. The number of halogens is 2. The van der Waals surface area contributed by atoms with E-state index in [4.69, 9.17) is 4.74 Å². The quantitative estimate of drug-likeness (QED) is 0.836. The van der Waals surface area contributed by atoms with Gasteiger partial charge in [-0.2, -0.15) is 4.31 Å². The molecule has 1 heterocycles. The molecule has 1 aliphatic heterocycles. The predicted octanol–water partition coefficient (Wildman–Crippen LogP) is 2.15. The van der Waals surface area contributed by atoms with Gasteiger partial charge in [0.15, 0.2) is 4.90 Å². The van der Waals surface area contributed by atoms with Gasteiger partial charge in [0.2, 0.25) is 10.0 Å². The lowest BCUT2D eigenvalue weighted by Gasteiger charge is -2.17. The standard InChI is InChI=1S/C14H17F2NO3S/c15-12-2-1-3-13(16)14(12)21(18,19)17-7-6-11(8-17)20-9-10-4-5-10/h1-3,10-11H,4-9H2. The lowest BCUT2D eigenvalue weighted by molar-refractivity contribution is 0.0561. The van der Waals surface area contributed by atoms with Gasteiger partial charge in [-0.3, -0.25) is 0 Å². The Morgan fingerprint density at radius 3 is 2.48 bits per heavy atom. The van der Waals surface area contributed by atoms with Gasteiger partial charge in [-0.1, -0.05) is 6.07 Å². The Balaban J connectivity index is 1.73. The molecule has 3 rings (SSSR count). The van der Waals surface area contributed by atoms with Crippen molar-refractivity contribution in [1.82, 2.24) is 4.31 Å². The maximum absolute atomic E-state index is 13.7. The fourth-order valence-corrected chi connectivity index (χ4v) is 4.06. The summed E-state index contributed by atoms with van der Waals surface area (Å²) in [5.74, 6) is -1.52. The van der Waals surface area contributed by atoms with Crippen LogP contribution in [0.5, 0.6) is 0 Å². The second-order valence-corrected chi connectivity index (χ2v) is 7.48. The average molecular weight is 317 g/mol. The summed E-state index contributed by atoms with van der Waals surface area (Å²) in [7, 11) is -4.15. The van der Waals surface area contributed by atoms with Crippen LogP contribution in [-0.4, -0.2) is 38.5 Å². The highest BCUT2D eigenvalue weighted by Crippen LogP contribution is 2.31. The Morgan fingerprint density at radius 2 is 1.86 bits per heavy atom. The minimum atomic E-state index is -4.15. The van der Waals surface area contributed by atoms with Crippen LogP contribution in [0.15, 0.2) is 23.1 Å². The number of rotatable bonds is 5. The molecule has 1 aromatic carbocycles. The van der Waals surface area contributed by atoms with Crippen molar-refractivity contribution in [2.45, 2.75) is 30.3 Å². The number of hydrogen-bond acceptors (Lipinski definition) is 3. The van der Waals surface area contributed by atoms with Crippen LogP contribution >= 0.6 is 0 Å². The van der Waals surface area contributed by atoms with E-state index in [1.54, 1.807) is 0 Å². The molecule has 4 nitrogen and oxygen atoms in total. The molecule has 2 aliphatic rings. The molecule has 1 unspecified atom stereocenters. The third-order valence-electron chi connectivity index (χ3n) is 3.89. The number of hydrogen-bond donors (Lipinski definition) is 0. The first kappa shape index (κ1) is 14.9. The second kappa shape index (κ2) is 5.62. The molecule has 0 aromatic heterocycles. The molecule has 1 saturated heterocycles. The first-order valence-corrected chi connectivity index (χ1v) is 8.48. The van der Waals surface area contributed by atoms with E-state index in [2.05, 4.69) is 0 Å². The summed E-state index contributed by atoms with van der Waals surface area (Å²) in [6.45, 7) is 1.03. The van der Waals surface area contributed by atoms with Gasteiger partial charge in [0.1, 0.15) is 11.6 Å². The second-order valence-electron chi connectivity index (χ2n) is 5.60. The van der Waals surface area contributed by atoms with Crippen molar-refractivity contribution in [1.29, 1.82) is 0 Å². The van der Waals surface area contributed by atoms with E-state index in [0.29, 0.717) is 18.9 Å². The van der Waals surface area contributed by atoms with Crippen LogP contribution in [0.1, 0.15) is 19.3 Å². The lowest BCUT2D eigenvalue weighted by Crippen LogP contribution is -2.31. The Labute approximate surface area is 122 Å². The zero-order valence-electron chi connectivity index (χ0n) is 11.5. The number of sulfonamides is 1. The van der Waals surface area contributed by atoms with Crippen molar-refractivity contribution in [3.05, 3.63) is 29.8 Å². The zero-order valence-corrected chi connectivity index (χ0v) is 12.3. The van der Waals surface area contributed by atoms with Crippen molar-refractivity contribution in [2.75, 3.05) is 19.7 Å². The van der Waals surface area contributed by atoms with Crippen molar-refractivity contribution in [2.24, 2.45) is 5.92 Å². The first-order valence-electron chi connectivity index (χ1n) is 7.04. The molecule has 1 saturated carbocycles. The summed E-state index contributed by atoms with van der Waals surface area (Å²) in [6, 6.07) is 3.05. The fourth-order valence-electron chi connectivity index (χ4n) is 2.47. The molecule has 0 bridgehead atoms. The van der Waals surface area contributed by atoms with Crippen molar-refractivity contribution in [3.8, 4) is 0 Å². The molecular weight excluding hydrogens is 300 g/mol. The highest BCUT2D eigenvalue weighted by atomic mass is 32.2. The molecule has 0 radical (unpaired) electrons. The zero-order chi connectivity index (χ0) is 15.0. The SMILES string of the molecule is O=S(=O)(c1c(F)cccc1F)N1CCC(OCC2CC2)C1. The Morgan fingerprint density at radius 1 is 1.19 bits per heavy atom. The van der Waals surface area contributed by atoms with Crippen LogP contribution in [0.25, 0.3) is 0 Å². The summed E-state index contributed by atoms with van der Waals surface area (Å²) >= 11 is 0. The third-order valence-corrected chi connectivity index (χ3v) is 5.81. The average Bonchev–Trinajstić information content (AvgIpc) is 3.12. The molecule has 0 spiro atoms. The maximum atomic E-state index is 13.7. The minimum Gasteiger partial charge on any atom is -0.377 e. The molecular formula is C14H17F2NO3S. The molecule has 2 fully saturated rings. The smallest absolute Gasteiger partial charge is 0.249 e. The molecule has 1 atom stereocenters. The van der Waals surface area contributed by atoms with Gasteiger partial charge in [-0.15, -0.1) is 0 Å². The molecule has 7 heteroatoms. The largest absolute Gasteiger partial charge is 0.377 e. The van der Waals surface area contributed by atoms with Gasteiger partial charge in [-0.25, -0.2) is 17.2 Å². The predicted molar refractivity (Wildman–Crippen MR) is 72.2 cm³/mol. The van der Waals surface area contributed by atoms with Crippen molar-refractivity contribution >= 4 is 10.0 Å². The lowest BCUT2D eigenvalue weighted by atomic mass is 10.3. The van der Waals surface area contributed by atoms with Gasteiger partial charge in [0.25, 0.3) is 0 Å². The van der Waals surface area contributed by atoms with Gasteiger partial charge in [0, 0.05) is 19.7 Å². The van der Waals surface area contributed by atoms with Gasteiger partial charge in [-0.05, 0) is 37.3 Å². The Hall–Kier alpha value is -1.05. The highest BCUT2D eigenvalue weighted by Gasteiger charge is 2.37. The maximum Gasteiger partial charge on any atom is 0.249 e. The summed E-state index contributed by atoms with van der Waals surface area (Å²) in [5.41, 5.74) is 0. The normalized spacial score (nSPS) is 23.6. The van der Waals surface area contributed by atoms with Crippen molar-refractivity contribution < 1.29 is 21.9 Å². The van der Waals surface area contributed by atoms with E-state index < -0.39 is 26.6 Å². The van der Waals surface area contributed by atoms with Gasteiger partial charge >= 0.3 is 0 Å². The minimum absolute atomic E-state index is 0.156. The fraction of sp³-hybridized carbons (Fsp3) is 0.571. The monoisotopic (exact) mass is 317 g/mol. The molecule has 116 valence electrons. The molecule has 0 amide bonds. The summed E-state index contributed by atoms with van der Waals surface area (Å²) in [6.07, 6.45) is 2.70. The molecule has 1 aromatic rings. The van der Waals surface area contributed by atoms with Crippen LogP contribution < -0.4 is 0 Å². The molecule has 1 aliphatic carbocycles. The van der Waals surface area contributed by atoms with E-state index in [-0.39, 0.29) is 19.2 Å². The Bertz CT molecular complexity index is 611. The number of ether oxygens (including phenoxy) is 1. The third kappa shape index (κ3) is 3.09. The highest BCUT2D eigenvalue weighted by molar-refractivity contribution is 7.89. The van der Waals surface area contributed by atoms with Crippen LogP contribution in [-0.2, 0) is 14.8 Å². The van der Waals surface area contributed by atoms with E-state index in [0.717, 1.165) is 35.3 Å². The summed E-state index contributed by atoms with van der Waals surface area (Å²) in [5, 5.41) is 0. The number of nitrogens with zero attached hydrogens (tertiary/aromatic N) is 1. The van der Waals surface area contributed by atoms with E-state index in [1.807, 2.05) is 0 Å². The Kier molecular flexibility index (Phi) is 3.98. The van der Waals surface area contributed by atoms with Crippen molar-refractivity contribution in [3.63, 3.8) is 0 Å². The van der Waals surface area contributed by atoms with Gasteiger partial charge in [0.05, 0.1) is 6.10 Å². The van der Waals surface area contributed by atoms with E-state index >= 15 is 0 Å². The summed E-state index contributed by atoms with van der Waals surface area (Å²) in [4.78, 5) is -0.868. The first-order chi connectivity index (χ1) is 9.98. The van der Waals surface area contributed by atoms with Gasteiger partial charge < -0.3 is 4.74 Å². The molecule has 21 heavy (non-hydrogen) atoms. The van der Waals surface area contributed by atoms with Crippen LogP contribution in [0.3, 0.4) is 0 Å².